The van der Waals surface area contributed by atoms with E-state index in [1.807, 2.05) is 0 Å². The summed E-state index contributed by atoms with van der Waals surface area (Å²) in [5, 5.41) is 10.6. The van der Waals surface area contributed by atoms with Crippen molar-refractivity contribution in [1.82, 2.24) is 4.90 Å². The summed E-state index contributed by atoms with van der Waals surface area (Å²) in [5.41, 5.74) is 4.81. The summed E-state index contributed by atoms with van der Waals surface area (Å²) >= 11 is 0. The quantitative estimate of drug-likeness (QED) is 0.722. The van der Waals surface area contributed by atoms with Gasteiger partial charge in [-0.2, -0.15) is 0 Å². The van der Waals surface area contributed by atoms with Crippen molar-refractivity contribution < 1.29 is 9.84 Å². The summed E-state index contributed by atoms with van der Waals surface area (Å²) in [6.45, 7) is 2.95. The number of benzene rings is 2. The Morgan fingerprint density at radius 3 is 2.23 bits per heavy atom. The summed E-state index contributed by atoms with van der Waals surface area (Å²) in [4.78, 5) is 2.34. The second-order valence-corrected chi connectivity index (χ2v) is 10.9. The molecule has 5 aliphatic rings. The minimum atomic E-state index is -0.465. The molecule has 4 aliphatic carbocycles. The highest BCUT2D eigenvalue weighted by molar-refractivity contribution is 5.34. The third-order valence-electron chi connectivity index (χ3n) is 8.63. The van der Waals surface area contributed by atoms with Crippen LogP contribution in [0, 0.1) is 17.8 Å². The van der Waals surface area contributed by atoms with Crippen LogP contribution in [0.5, 0.6) is 5.75 Å². The molecule has 31 heavy (non-hydrogen) atoms. The number of fused-ring (bicyclic) bond motifs is 1. The Hall–Kier alpha value is -1.84. The van der Waals surface area contributed by atoms with Gasteiger partial charge in [-0.3, -0.25) is 4.90 Å². The zero-order valence-corrected chi connectivity index (χ0v) is 18.5. The van der Waals surface area contributed by atoms with Gasteiger partial charge >= 0.3 is 0 Å². The first-order chi connectivity index (χ1) is 15.1. The molecule has 0 unspecified atom stereocenters. The summed E-state index contributed by atoms with van der Waals surface area (Å²) in [6.07, 6.45) is 9.26. The van der Waals surface area contributed by atoms with Crippen LogP contribution < -0.4 is 4.74 Å². The van der Waals surface area contributed by atoms with E-state index >= 15 is 0 Å². The van der Waals surface area contributed by atoms with Crippen molar-refractivity contribution in [2.75, 3.05) is 19.7 Å². The average Bonchev–Trinajstić information content (AvgIpc) is 2.77. The second-order valence-electron chi connectivity index (χ2n) is 10.9. The number of aliphatic hydroxyl groups excluding tert-OH is 1. The lowest BCUT2D eigenvalue weighted by Crippen LogP contribution is -2.48. The first-order valence-electron chi connectivity index (χ1n) is 12.4. The van der Waals surface area contributed by atoms with Crippen LogP contribution in [0.15, 0.2) is 48.5 Å². The fourth-order valence-electron chi connectivity index (χ4n) is 7.62. The summed E-state index contributed by atoms with van der Waals surface area (Å²) in [6, 6.07) is 17.6. The van der Waals surface area contributed by atoms with E-state index in [9.17, 15) is 5.11 Å². The molecule has 3 nitrogen and oxygen atoms in total. The van der Waals surface area contributed by atoms with Crippen LogP contribution in [0.25, 0.3) is 0 Å². The third-order valence-corrected chi connectivity index (χ3v) is 8.63. The Kier molecular flexibility index (Phi) is 5.07. The van der Waals surface area contributed by atoms with Gasteiger partial charge in [0, 0.05) is 19.6 Å². The molecule has 164 valence electrons. The van der Waals surface area contributed by atoms with Crippen LogP contribution in [-0.2, 0) is 18.4 Å². The van der Waals surface area contributed by atoms with Gasteiger partial charge in [0.2, 0.25) is 0 Å². The number of hydrogen-bond acceptors (Lipinski definition) is 3. The van der Waals surface area contributed by atoms with E-state index in [1.165, 1.54) is 55.2 Å². The predicted molar refractivity (Wildman–Crippen MR) is 123 cm³/mol. The number of nitrogens with zero attached hydrogens (tertiary/aromatic N) is 1. The fourth-order valence-corrected chi connectivity index (χ4v) is 7.62. The van der Waals surface area contributed by atoms with Gasteiger partial charge in [-0.25, -0.2) is 0 Å². The van der Waals surface area contributed by atoms with Gasteiger partial charge < -0.3 is 9.84 Å². The Bertz CT molecular complexity index is 886. The first kappa shape index (κ1) is 19.8. The molecule has 0 radical (unpaired) electrons. The van der Waals surface area contributed by atoms with E-state index < -0.39 is 6.10 Å². The maximum absolute atomic E-state index is 10.6. The molecule has 7 rings (SSSR count). The number of aliphatic hydroxyl groups is 1. The molecule has 1 heterocycles. The Labute approximate surface area is 186 Å². The van der Waals surface area contributed by atoms with Gasteiger partial charge in [0.1, 0.15) is 18.5 Å². The van der Waals surface area contributed by atoms with E-state index in [4.69, 9.17) is 4.74 Å². The van der Waals surface area contributed by atoms with Crippen molar-refractivity contribution in [2.45, 2.75) is 63.0 Å². The highest BCUT2D eigenvalue weighted by atomic mass is 16.5. The summed E-state index contributed by atoms with van der Waals surface area (Å²) in [7, 11) is 0. The Morgan fingerprint density at radius 1 is 0.903 bits per heavy atom. The lowest BCUT2D eigenvalue weighted by molar-refractivity contribution is -0.00522. The van der Waals surface area contributed by atoms with Crippen LogP contribution >= 0.6 is 0 Å². The standard InChI is InChI=1S/C28H35NO2/c30-26(18-29-10-9-23-3-1-2-4-24(23)17-29)19-31-27-7-5-25(6-8-27)28-14-20-11-21(15-28)13-22(12-20)16-28/h1-8,20-22,26,30H,9-19H2/t20?,21?,22?,26-,28?/m0/s1. The number of β-amino-alcohol motifs (C(OH)–C–C–N with tert-alkyl or cyclic N) is 1. The van der Waals surface area contributed by atoms with Crippen LogP contribution in [-0.4, -0.2) is 35.8 Å². The maximum Gasteiger partial charge on any atom is 0.119 e. The van der Waals surface area contributed by atoms with E-state index in [0.717, 1.165) is 43.0 Å². The molecule has 4 saturated carbocycles. The molecule has 1 N–H and O–H groups in total. The second kappa shape index (κ2) is 7.94. The van der Waals surface area contributed by atoms with Crippen molar-refractivity contribution in [2.24, 2.45) is 17.8 Å². The van der Waals surface area contributed by atoms with E-state index in [2.05, 4.69) is 53.4 Å². The molecule has 0 saturated heterocycles. The molecule has 2 aromatic carbocycles. The summed E-state index contributed by atoms with van der Waals surface area (Å²) < 4.78 is 5.98. The molecule has 2 aromatic rings. The van der Waals surface area contributed by atoms with Crippen LogP contribution in [0.3, 0.4) is 0 Å². The number of hydrogen-bond donors (Lipinski definition) is 1. The Balaban J connectivity index is 1.04. The zero-order valence-electron chi connectivity index (χ0n) is 18.5. The lowest BCUT2D eigenvalue weighted by Gasteiger charge is -2.57. The van der Waals surface area contributed by atoms with Gasteiger partial charge in [0.05, 0.1) is 0 Å². The topological polar surface area (TPSA) is 32.7 Å². The van der Waals surface area contributed by atoms with Crippen molar-refractivity contribution in [3.8, 4) is 5.75 Å². The van der Waals surface area contributed by atoms with Gasteiger partial charge in [-0.1, -0.05) is 36.4 Å². The molecule has 1 aliphatic heterocycles. The number of rotatable bonds is 6. The molecule has 4 fully saturated rings. The van der Waals surface area contributed by atoms with Crippen LogP contribution in [0.1, 0.15) is 55.2 Å². The van der Waals surface area contributed by atoms with Crippen molar-refractivity contribution in [3.63, 3.8) is 0 Å². The fraction of sp³-hybridized carbons (Fsp3) is 0.571. The van der Waals surface area contributed by atoms with E-state index in [-0.39, 0.29) is 0 Å². The predicted octanol–water partition coefficient (Wildman–Crippen LogP) is 4.95. The van der Waals surface area contributed by atoms with Gasteiger partial charge in [0.15, 0.2) is 0 Å². The highest BCUT2D eigenvalue weighted by Gasteiger charge is 2.51. The molecule has 3 heteroatoms. The van der Waals surface area contributed by atoms with E-state index in [0.29, 0.717) is 18.6 Å². The van der Waals surface area contributed by atoms with Gasteiger partial charge in [0.25, 0.3) is 0 Å². The van der Waals surface area contributed by atoms with Gasteiger partial charge in [-0.15, -0.1) is 0 Å². The van der Waals surface area contributed by atoms with Crippen LogP contribution in [0.4, 0.5) is 0 Å². The molecule has 0 aromatic heterocycles. The van der Waals surface area contributed by atoms with Crippen molar-refractivity contribution in [1.29, 1.82) is 0 Å². The highest BCUT2D eigenvalue weighted by Crippen LogP contribution is 2.60. The largest absolute Gasteiger partial charge is 0.491 e. The molecule has 0 spiro atoms. The van der Waals surface area contributed by atoms with Gasteiger partial charge in [-0.05, 0) is 96.9 Å². The zero-order chi connectivity index (χ0) is 20.8. The monoisotopic (exact) mass is 417 g/mol. The molecule has 4 bridgehead atoms. The minimum Gasteiger partial charge on any atom is -0.491 e. The average molecular weight is 418 g/mol. The molecular formula is C28H35NO2. The molecule has 0 amide bonds. The van der Waals surface area contributed by atoms with Crippen molar-refractivity contribution >= 4 is 0 Å². The summed E-state index contributed by atoms with van der Waals surface area (Å²) in [5.74, 6) is 3.80. The normalized spacial score (nSPS) is 32.6. The third kappa shape index (κ3) is 3.91. The van der Waals surface area contributed by atoms with Crippen LogP contribution in [0.2, 0.25) is 0 Å². The number of ether oxygens (including phenoxy) is 1. The smallest absolute Gasteiger partial charge is 0.119 e. The first-order valence-corrected chi connectivity index (χ1v) is 12.4. The molecule has 1 atom stereocenters. The van der Waals surface area contributed by atoms with E-state index in [1.54, 1.807) is 0 Å². The lowest BCUT2D eigenvalue weighted by atomic mass is 9.48. The SMILES string of the molecule is O[C@H](COc1ccc(C23CC4CC(CC(C4)C2)C3)cc1)CN1CCc2ccccc2C1. The Morgan fingerprint density at radius 2 is 1.55 bits per heavy atom. The minimum absolute atomic E-state index is 0.356. The van der Waals surface area contributed by atoms with Crippen molar-refractivity contribution in [3.05, 3.63) is 65.2 Å². The maximum atomic E-state index is 10.6. The molecular weight excluding hydrogens is 382 g/mol.